The van der Waals surface area contributed by atoms with Gasteiger partial charge >= 0.3 is 0 Å². The van der Waals surface area contributed by atoms with Crippen LogP contribution in [0.1, 0.15) is 28.0 Å². The van der Waals surface area contributed by atoms with Crippen molar-refractivity contribution in [1.82, 2.24) is 4.98 Å². The molecule has 24 heavy (non-hydrogen) atoms. The molecule has 0 spiro atoms. The molecule has 0 fully saturated rings. The maximum Gasteiger partial charge on any atom is 0.191 e. The van der Waals surface area contributed by atoms with E-state index in [9.17, 15) is 9.18 Å². The molecule has 0 bridgehead atoms. The molecule has 0 atom stereocenters. The van der Waals surface area contributed by atoms with Crippen molar-refractivity contribution in [2.24, 2.45) is 0 Å². The Morgan fingerprint density at radius 2 is 1.92 bits per heavy atom. The zero-order valence-electron chi connectivity index (χ0n) is 13.2. The number of methoxy groups -OCH3 is 1. The molecule has 1 aromatic heterocycles. The van der Waals surface area contributed by atoms with Crippen molar-refractivity contribution >= 4 is 22.8 Å². The van der Waals surface area contributed by atoms with Crippen molar-refractivity contribution in [3.8, 4) is 5.75 Å². The Bertz CT molecular complexity index is 967. The van der Waals surface area contributed by atoms with Gasteiger partial charge in [-0.3, -0.25) is 4.79 Å². The number of nitrogens with one attached hydrogen (secondary N) is 1. The van der Waals surface area contributed by atoms with Crippen LogP contribution in [-0.2, 0) is 6.42 Å². The third kappa shape index (κ3) is 2.40. The number of fused-ring (bicyclic) bond motifs is 3. The van der Waals surface area contributed by atoms with Gasteiger partial charge in [0.05, 0.1) is 12.7 Å². The fourth-order valence-electron chi connectivity index (χ4n) is 3.24. The molecule has 1 N–H and O–H groups in total. The second kappa shape index (κ2) is 5.64. The summed E-state index contributed by atoms with van der Waals surface area (Å²) >= 11 is 0. The molecule has 3 aromatic rings. The Kier molecular flexibility index (Phi) is 3.45. The molecule has 2 aromatic carbocycles. The highest BCUT2D eigenvalue weighted by Crippen LogP contribution is 2.32. The summed E-state index contributed by atoms with van der Waals surface area (Å²) in [4.78, 5) is 16.1. The summed E-state index contributed by atoms with van der Waals surface area (Å²) in [6.07, 6.45) is 3.33. The first-order valence-electron chi connectivity index (χ1n) is 7.85. The van der Waals surface area contributed by atoms with Crippen molar-refractivity contribution in [2.75, 3.05) is 7.11 Å². The molecule has 0 unspecified atom stereocenters. The number of hydrogen-bond donors (Lipinski definition) is 1. The summed E-state index contributed by atoms with van der Waals surface area (Å²) < 4.78 is 18.7. The molecule has 1 aliphatic rings. The van der Waals surface area contributed by atoms with Crippen LogP contribution in [0.15, 0.2) is 48.0 Å². The minimum Gasteiger partial charge on any atom is -0.497 e. The van der Waals surface area contributed by atoms with Crippen LogP contribution in [0, 0.1) is 5.82 Å². The number of hydrogen-bond acceptors (Lipinski definition) is 2. The number of rotatable bonds is 2. The summed E-state index contributed by atoms with van der Waals surface area (Å²) in [5.74, 6) is 0.425. The van der Waals surface area contributed by atoms with Crippen LogP contribution in [0.5, 0.6) is 5.75 Å². The topological polar surface area (TPSA) is 42.1 Å². The van der Waals surface area contributed by atoms with Gasteiger partial charge in [-0.25, -0.2) is 4.39 Å². The third-order valence-corrected chi connectivity index (χ3v) is 4.46. The van der Waals surface area contributed by atoms with Gasteiger partial charge in [-0.1, -0.05) is 12.1 Å². The van der Waals surface area contributed by atoms with Crippen LogP contribution in [-0.4, -0.2) is 17.9 Å². The molecular formula is C20H16FNO2. The highest BCUT2D eigenvalue weighted by Gasteiger charge is 2.26. The largest absolute Gasteiger partial charge is 0.497 e. The maximum atomic E-state index is 13.6. The van der Waals surface area contributed by atoms with E-state index in [1.165, 1.54) is 12.1 Å². The van der Waals surface area contributed by atoms with Gasteiger partial charge in [0.1, 0.15) is 11.6 Å². The second-order valence-electron chi connectivity index (χ2n) is 5.94. The number of aromatic amines is 1. The number of aromatic nitrogens is 1. The van der Waals surface area contributed by atoms with Crippen LogP contribution < -0.4 is 4.74 Å². The molecule has 4 heteroatoms. The second-order valence-corrected chi connectivity index (χ2v) is 5.94. The minimum atomic E-state index is -0.330. The first-order chi connectivity index (χ1) is 11.7. The van der Waals surface area contributed by atoms with E-state index in [0.29, 0.717) is 17.4 Å². The molecule has 3 nitrogen and oxygen atoms in total. The quantitative estimate of drug-likeness (QED) is 0.705. The SMILES string of the molecule is COc1ccc(/C=C2\CCc3[nH]c4ccc(F)cc4c3C2=O)cc1. The summed E-state index contributed by atoms with van der Waals surface area (Å²) in [5, 5.41) is 0.662. The number of carbonyl (C=O) groups excluding carboxylic acids is 1. The monoisotopic (exact) mass is 321 g/mol. The molecule has 0 aliphatic heterocycles. The number of Topliss-reactive ketones (excluding diaryl/α,β-unsaturated/α-hetero) is 1. The van der Waals surface area contributed by atoms with Crippen LogP contribution in [0.3, 0.4) is 0 Å². The molecule has 120 valence electrons. The Hall–Kier alpha value is -2.88. The van der Waals surface area contributed by atoms with E-state index < -0.39 is 0 Å². The van der Waals surface area contributed by atoms with Gasteiger partial charge in [-0.2, -0.15) is 0 Å². The molecule has 1 aliphatic carbocycles. The molecular weight excluding hydrogens is 305 g/mol. The van der Waals surface area contributed by atoms with Crippen LogP contribution >= 0.6 is 0 Å². The Morgan fingerprint density at radius 1 is 1.12 bits per heavy atom. The summed E-state index contributed by atoms with van der Waals surface area (Å²) in [6.45, 7) is 0. The average molecular weight is 321 g/mol. The molecule has 0 saturated heterocycles. The Morgan fingerprint density at radius 3 is 2.67 bits per heavy atom. The summed E-state index contributed by atoms with van der Waals surface area (Å²) in [6, 6.07) is 12.1. The first-order valence-corrected chi connectivity index (χ1v) is 7.85. The predicted molar refractivity (Wildman–Crippen MR) is 91.9 cm³/mol. The van der Waals surface area contributed by atoms with Gasteiger partial charge in [0, 0.05) is 22.2 Å². The van der Waals surface area contributed by atoms with Gasteiger partial charge in [0.2, 0.25) is 0 Å². The number of allylic oxidation sites excluding steroid dienone is 1. The molecule has 0 amide bonds. The van der Waals surface area contributed by atoms with Crippen molar-refractivity contribution < 1.29 is 13.9 Å². The molecule has 0 saturated carbocycles. The number of carbonyl (C=O) groups is 1. The van der Waals surface area contributed by atoms with Crippen LogP contribution in [0.25, 0.3) is 17.0 Å². The predicted octanol–water partition coefficient (Wildman–Crippen LogP) is 4.53. The van der Waals surface area contributed by atoms with Gasteiger partial charge in [-0.15, -0.1) is 0 Å². The fourth-order valence-corrected chi connectivity index (χ4v) is 3.24. The third-order valence-electron chi connectivity index (χ3n) is 4.46. The number of halogens is 1. The number of ketones is 1. The molecule has 4 rings (SSSR count). The fraction of sp³-hybridized carbons (Fsp3) is 0.150. The smallest absolute Gasteiger partial charge is 0.191 e. The lowest BCUT2D eigenvalue weighted by atomic mass is 9.88. The minimum absolute atomic E-state index is 0.0241. The van der Waals surface area contributed by atoms with E-state index in [1.54, 1.807) is 13.2 Å². The number of benzene rings is 2. The van der Waals surface area contributed by atoms with E-state index in [2.05, 4.69) is 4.98 Å². The molecule has 1 heterocycles. The Balaban J connectivity index is 1.76. The van der Waals surface area contributed by atoms with Crippen molar-refractivity contribution in [1.29, 1.82) is 0 Å². The zero-order chi connectivity index (χ0) is 16.7. The lowest BCUT2D eigenvalue weighted by molar-refractivity contribution is 0.102. The maximum absolute atomic E-state index is 13.6. The van der Waals surface area contributed by atoms with Crippen molar-refractivity contribution in [3.05, 3.63) is 70.7 Å². The van der Waals surface area contributed by atoms with Crippen molar-refractivity contribution in [2.45, 2.75) is 12.8 Å². The Labute approximate surface area is 138 Å². The zero-order valence-corrected chi connectivity index (χ0v) is 13.2. The molecule has 0 radical (unpaired) electrons. The van der Waals surface area contributed by atoms with E-state index in [4.69, 9.17) is 4.74 Å². The average Bonchev–Trinajstić information content (AvgIpc) is 2.96. The summed E-state index contributed by atoms with van der Waals surface area (Å²) in [7, 11) is 1.62. The number of aryl methyl sites for hydroxylation is 1. The van der Waals surface area contributed by atoms with E-state index in [-0.39, 0.29) is 11.6 Å². The van der Waals surface area contributed by atoms with Gasteiger partial charge in [0.15, 0.2) is 5.78 Å². The lowest BCUT2D eigenvalue weighted by Crippen LogP contribution is -2.13. The lowest BCUT2D eigenvalue weighted by Gasteiger charge is -2.14. The number of H-pyrrole nitrogens is 1. The van der Waals surface area contributed by atoms with E-state index in [0.717, 1.165) is 34.5 Å². The first kappa shape index (κ1) is 14.7. The van der Waals surface area contributed by atoms with Crippen molar-refractivity contribution in [3.63, 3.8) is 0 Å². The summed E-state index contributed by atoms with van der Waals surface area (Å²) in [5.41, 5.74) is 4.01. The van der Waals surface area contributed by atoms with Crippen LogP contribution in [0.2, 0.25) is 0 Å². The van der Waals surface area contributed by atoms with E-state index in [1.807, 2.05) is 30.3 Å². The highest BCUT2D eigenvalue weighted by molar-refractivity contribution is 6.19. The standard InChI is InChI=1S/C20H16FNO2/c1-24-15-6-2-12(3-7-15)10-13-4-8-18-19(20(13)23)16-11-14(21)5-9-17(16)22-18/h2-3,5-7,9-11,22H,4,8H2,1H3/b13-10+. The van der Waals surface area contributed by atoms with Gasteiger partial charge in [0.25, 0.3) is 0 Å². The van der Waals surface area contributed by atoms with Crippen LogP contribution in [0.4, 0.5) is 4.39 Å². The highest BCUT2D eigenvalue weighted by atomic mass is 19.1. The van der Waals surface area contributed by atoms with E-state index >= 15 is 0 Å². The number of ether oxygens (including phenoxy) is 1. The van der Waals surface area contributed by atoms with Gasteiger partial charge in [-0.05, 0) is 54.8 Å². The normalized spacial score (nSPS) is 15.8. The van der Waals surface area contributed by atoms with Gasteiger partial charge < -0.3 is 9.72 Å².